The Kier molecular flexibility index (Phi) is 4.99. The first-order valence-electron chi connectivity index (χ1n) is 9.81. The fourth-order valence-corrected chi connectivity index (χ4v) is 3.68. The second kappa shape index (κ2) is 7.95. The highest BCUT2D eigenvalue weighted by atomic mass is 19.1. The van der Waals surface area contributed by atoms with Crippen LogP contribution in [0.2, 0.25) is 0 Å². The molecule has 0 atom stereocenters. The minimum Gasteiger partial charge on any atom is -0.332 e. The quantitative estimate of drug-likeness (QED) is 0.480. The first-order valence-corrected chi connectivity index (χ1v) is 9.81. The molecule has 0 radical (unpaired) electrons. The van der Waals surface area contributed by atoms with Crippen molar-refractivity contribution in [2.24, 2.45) is 0 Å². The van der Waals surface area contributed by atoms with Crippen LogP contribution in [0.1, 0.15) is 18.5 Å². The fraction of sp³-hybridized carbons (Fsp3) is 0.238. The summed E-state index contributed by atoms with van der Waals surface area (Å²) in [6, 6.07) is 9.23. The molecule has 0 aliphatic carbocycles. The third-order valence-corrected chi connectivity index (χ3v) is 5.21. The zero-order chi connectivity index (χ0) is 21.4. The third kappa shape index (κ3) is 3.70. The molecular formula is C21H17F3N6O. The van der Waals surface area contributed by atoms with Gasteiger partial charge < -0.3 is 4.52 Å². The Morgan fingerprint density at radius 1 is 0.968 bits per heavy atom. The Bertz CT molecular complexity index is 1230. The van der Waals surface area contributed by atoms with Gasteiger partial charge in [0, 0.05) is 6.54 Å². The van der Waals surface area contributed by atoms with Crippen molar-refractivity contribution in [2.75, 3.05) is 13.1 Å². The van der Waals surface area contributed by atoms with E-state index in [-0.39, 0.29) is 28.7 Å². The Labute approximate surface area is 175 Å². The van der Waals surface area contributed by atoms with Crippen LogP contribution in [0, 0.1) is 17.5 Å². The lowest BCUT2D eigenvalue weighted by Gasteiger charge is -2.16. The molecule has 3 heterocycles. The molecule has 1 saturated heterocycles. The maximum absolute atomic E-state index is 14.5. The topological polar surface area (TPSA) is 72.9 Å². The number of halogens is 3. The zero-order valence-electron chi connectivity index (χ0n) is 16.3. The molecule has 31 heavy (non-hydrogen) atoms. The summed E-state index contributed by atoms with van der Waals surface area (Å²) in [5, 5.41) is 12.0. The molecule has 4 aromatic rings. The van der Waals surface area contributed by atoms with E-state index in [0.29, 0.717) is 12.2 Å². The predicted molar refractivity (Wildman–Crippen MR) is 104 cm³/mol. The Morgan fingerprint density at radius 2 is 1.77 bits per heavy atom. The highest BCUT2D eigenvalue weighted by Crippen LogP contribution is 2.28. The van der Waals surface area contributed by atoms with Crippen LogP contribution in [0.4, 0.5) is 13.2 Å². The second-order valence-corrected chi connectivity index (χ2v) is 7.28. The molecule has 0 unspecified atom stereocenters. The first-order chi connectivity index (χ1) is 15.1. The van der Waals surface area contributed by atoms with E-state index < -0.39 is 17.5 Å². The van der Waals surface area contributed by atoms with Crippen LogP contribution in [-0.2, 0) is 6.54 Å². The summed E-state index contributed by atoms with van der Waals surface area (Å²) in [7, 11) is 0. The van der Waals surface area contributed by atoms with Gasteiger partial charge in [0.1, 0.15) is 23.1 Å². The van der Waals surface area contributed by atoms with Crippen LogP contribution < -0.4 is 0 Å². The van der Waals surface area contributed by atoms with Gasteiger partial charge in [-0.25, -0.2) is 17.9 Å². The Morgan fingerprint density at radius 3 is 2.58 bits per heavy atom. The van der Waals surface area contributed by atoms with Gasteiger partial charge in [-0.2, -0.15) is 4.98 Å². The van der Waals surface area contributed by atoms with Crippen LogP contribution in [0.5, 0.6) is 0 Å². The smallest absolute Gasteiger partial charge is 0.280 e. The summed E-state index contributed by atoms with van der Waals surface area (Å²) >= 11 is 0. The van der Waals surface area contributed by atoms with Gasteiger partial charge in [0.15, 0.2) is 5.69 Å². The maximum Gasteiger partial charge on any atom is 0.280 e. The molecule has 2 aromatic carbocycles. The van der Waals surface area contributed by atoms with Gasteiger partial charge in [0.2, 0.25) is 5.82 Å². The summed E-state index contributed by atoms with van der Waals surface area (Å²) in [5.74, 6) is -1.87. The van der Waals surface area contributed by atoms with E-state index in [1.165, 1.54) is 10.7 Å². The van der Waals surface area contributed by atoms with Crippen LogP contribution in [-0.4, -0.2) is 43.1 Å². The molecule has 7 nitrogen and oxygen atoms in total. The van der Waals surface area contributed by atoms with E-state index in [1.807, 2.05) is 0 Å². The molecule has 0 amide bonds. The minimum atomic E-state index is -0.680. The monoisotopic (exact) mass is 426 g/mol. The van der Waals surface area contributed by atoms with Gasteiger partial charge in [0.05, 0.1) is 11.3 Å². The average Bonchev–Trinajstić information content (AvgIpc) is 3.52. The van der Waals surface area contributed by atoms with Crippen molar-refractivity contribution in [2.45, 2.75) is 19.4 Å². The lowest BCUT2D eigenvalue weighted by atomic mass is 10.2. The molecule has 0 spiro atoms. The lowest BCUT2D eigenvalue weighted by Crippen LogP contribution is -2.21. The predicted octanol–water partition coefficient (Wildman–Crippen LogP) is 4.00. The van der Waals surface area contributed by atoms with Crippen molar-refractivity contribution < 1.29 is 17.7 Å². The fourth-order valence-electron chi connectivity index (χ4n) is 3.68. The minimum absolute atomic E-state index is 0.00422. The molecule has 158 valence electrons. The molecule has 1 fully saturated rings. The molecule has 2 aromatic heterocycles. The van der Waals surface area contributed by atoms with Crippen molar-refractivity contribution in [3.05, 3.63) is 65.6 Å². The van der Waals surface area contributed by atoms with Gasteiger partial charge in [-0.3, -0.25) is 4.90 Å². The van der Waals surface area contributed by atoms with E-state index in [9.17, 15) is 13.2 Å². The molecule has 5 rings (SSSR count). The standard InChI is InChI=1S/C21H17F3N6O/c22-13-7-8-15(23)14(11-13)20-25-21(31-27-20)19-18(12-29-9-3-4-10-29)30(28-26-19)17-6-2-1-5-16(17)24/h1-2,5-8,11H,3-4,9-10,12H2. The van der Waals surface area contributed by atoms with E-state index in [2.05, 4.69) is 25.4 Å². The van der Waals surface area contributed by atoms with Crippen LogP contribution in [0.3, 0.4) is 0 Å². The SMILES string of the molecule is Fc1ccc(F)c(-c2noc(-c3nnn(-c4ccccc4F)c3CN3CCCC3)n2)c1. The van der Waals surface area contributed by atoms with Crippen molar-refractivity contribution >= 4 is 0 Å². The number of likely N-dealkylation sites (tertiary alicyclic amines) is 1. The number of benzene rings is 2. The van der Waals surface area contributed by atoms with Crippen LogP contribution >= 0.6 is 0 Å². The summed E-state index contributed by atoms with van der Waals surface area (Å²) < 4.78 is 48.9. The highest BCUT2D eigenvalue weighted by molar-refractivity contribution is 5.60. The molecule has 1 aliphatic heterocycles. The first kappa shape index (κ1) is 19.4. The maximum atomic E-state index is 14.5. The average molecular weight is 426 g/mol. The molecule has 1 aliphatic rings. The van der Waals surface area contributed by atoms with E-state index >= 15 is 0 Å². The number of para-hydroxylation sites is 1. The normalized spacial score (nSPS) is 14.4. The van der Waals surface area contributed by atoms with Crippen molar-refractivity contribution in [3.8, 4) is 28.7 Å². The van der Waals surface area contributed by atoms with E-state index in [4.69, 9.17) is 4.52 Å². The molecule has 0 N–H and O–H groups in total. The number of aromatic nitrogens is 5. The zero-order valence-corrected chi connectivity index (χ0v) is 16.3. The largest absolute Gasteiger partial charge is 0.332 e. The molecule has 10 heteroatoms. The Balaban J connectivity index is 1.58. The summed E-state index contributed by atoms with van der Waals surface area (Å²) in [5.41, 5.74) is 0.955. The van der Waals surface area contributed by atoms with E-state index in [0.717, 1.165) is 44.1 Å². The van der Waals surface area contributed by atoms with Crippen molar-refractivity contribution in [3.63, 3.8) is 0 Å². The molecule has 0 bridgehead atoms. The summed E-state index contributed by atoms with van der Waals surface area (Å²) in [6.07, 6.45) is 2.14. The molecular weight excluding hydrogens is 409 g/mol. The van der Waals surface area contributed by atoms with Gasteiger partial charge in [-0.05, 0) is 56.3 Å². The highest BCUT2D eigenvalue weighted by Gasteiger charge is 2.26. The van der Waals surface area contributed by atoms with Gasteiger partial charge in [0.25, 0.3) is 5.89 Å². The van der Waals surface area contributed by atoms with Crippen molar-refractivity contribution in [1.82, 2.24) is 30.0 Å². The molecule has 0 saturated carbocycles. The Hall–Kier alpha value is -3.53. The van der Waals surface area contributed by atoms with Gasteiger partial charge in [-0.1, -0.05) is 22.5 Å². The van der Waals surface area contributed by atoms with Crippen LogP contribution in [0.15, 0.2) is 47.0 Å². The summed E-state index contributed by atoms with van der Waals surface area (Å²) in [6.45, 7) is 2.24. The number of hydrogen-bond acceptors (Lipinski definition) is 6. The van der Waals surface area contributed by atoms with Crippen LogP contribution in [0.25, 0.3) is 28.7 Å². The van der Waals surface area contributed by atoms with Crippen molar-refractivity contribution in [1.29, 1.82) is 0 Å². The van der Waals surface area contributed by atoms with E-state index in [1.54, 1.807) is 18.2 Å². The van der Waals surface area contributed by atoms with Gasteiger partial charge >= 0.3 is 0 Å². The summed E-state index contributed by atoms with van der Waals surface area (Å²) in [4.78, 5) is 6.40. The lowest BCUT2D eigenvalue weighted by molar-refractivity contribution is 0.323. The van der Waals surface area contributed by atoms with Gasteiger partial charge in [-0.15, -0.1) is 5.10 Å². The number of rotatable bonds is 5. The number of nitrogens with zero attached hydrogens (tertiary/aromatic N) is 6. The third-order valence-electron chi connectivity index (χ3n) is 5.21. The second-order valence-electron chi connectivity index (χ2n) is 7.28. The number of hydrogen-bond donors (Lipinski definition) is 0.